The van der Waals surface area contributed by atoms with E-state index in [1.54, 1.807) is 24.3 Å². The minimum atomic E-state index is -0.625. The van der Waals surface area contributed by atoms with Gasteiger partial charge in [-0.05, 0) is 42.7 Å². The van der Waals surface area contributed by atoms with Crippen LogP contribution in [0.5, 0.6) is 5.75 Å². The summed E-state index contributed by atoms with van der Waals surface area (Å²) in [5, 5.41) is 3.31. The SMILES string of the molecule is CCc1ccc([C@H](C)NC(=O)COC(=O)COc2cccc(Cl)c2)cc1. The lowest BCUT2D eigenvalue weighted by atomic mass is 10.1. The van der Waals surface area contributed by atoms with Gasteiger partial charge >= 0.3 is 5.97 Å². The summed E-state index contributed by atoms with van der Waals surface area (Å²) in [6, 6.07) is 14.5. The predicted molar refractivity (Wildman–Crippen MR) is 100 cm³/mol. The zero-order valence-electron chi connectivity index (χ0n) is 14.8. The Bertz CT molecular complexity index is 746. The van der Waals surface area contributed by atoms with Gasteiger partial charge in [0.2, 0.25) is 0 Å². The average Bonchev–Trinajstić information content (AvgIpc) is 2.64. The first-order valence-corrected chi connectivity index (χ1v) is 8.78. The summed E-state index contributed by atoms with van der Waals surface area (Å²) in [7, 11) is 0. The molecule has 0 saturated heterocycles. The number of rotatable bonds is 8. The van der Waals surface area contributed by atoms with E-state index in [0.717, 1.165) is 12.0 Å². The van der Waals surface area contributed by atoms with E-state index in [4.69, 9.17) is 21.1 Å². The van der Waals surface area contributed by atoms with Gasteiger partial charge in [-0.1, -0.05) is 48.9 Å². The Balaban J connectivity index is 1.72. The third kappa shape index (κ3) is 6.41. The van der Waals surface area contributed by atoms with Crippen LogP contribution in [0, 0.1) is 0 Å². The molecule has 0 spiro atoms. The molecular weight excluding hydrogens is 354 g/mol. The van der Waals surface area contributed by atoms with Gasteiger partial charge in [0.15, 0.2) is 13.2 Å². The summed E-state index contributed by atoms with van der Waals surface area (Å²) < 4.78 is 10.2. The zero-order chi connectivity index (χ0) is 18.9. The number of esters is 1. The molecule has 0 radical (unpaired) electrons. The lowest BCUT2D eigenvalue weighted by Crippen LogP contribution is -2.31. The number of nitrogens with one attached hydrogen (secondary N) is 1. The molecule has 1 amide bonds. The molecule has 1 N–H and O–H groups in total. The molecule has 26 heavy (non-hydrogen) atoms. The summed E-state index contributed by atoms with van der Waals surface area (Å²) in [4.78, 5) is 23.6. The Morgan fingerprint density at radius 1 is 1.12 bits per heavy atom. The molecule has 138 valence electrons. The van der Waals surface area contributed by atoms with Crippen LogP contribution < -0.4 is 10.1 Å². The van der Waals surface area contributed by atoms with Crippen molar-refractivity contribution in [1.29, 1.82) is 0 Å². The Morgan fingerprint density at radius 3 is 2.50 bits per heavy atom. The molecule has 0 bridgehead atoms. The van der Waals surface area contributed by atoms with Gasteiger partial charge in [0.05, 0.1) is 6.04 Å². The lowest BCUT2D eigenvalue weighted by Gasteiger charge is -2.15. The molecule has 0 aromatic heterocycles. The number of benzene rings is 2. The molecule has 2 aromatic carbocycles. The van der Waals surface area contributed by atoms with Crippen molar-refractivity contribution in [3.63, 3.8) is 0 Å². The largest absolute Gasteiger partial charge is 0.482 e. The zero-order valence-corrected chi connectivity index (χ0v) is 15.6. The molecule has 0 saturated carbocycles. The van der Waals surface area contributed by atoms with Crippen LogP contribution in [0.1, 0.15) is 31.0 Å². The lowest BCUT2D eigenvalue weighted by molar-refractivity contribution is -0.150. The highest BCUT2D eigenvalue weighted by molar-refractivity contribution is 6.30. The fourth-order valence-corrected chi connectivity index (χ4v) is 2.48. The summed E-state index contributed by atoms with van der Waals surface area (Å²) in [5.74, 6) is -0.531. The van der Waals surface area contributed by atoms with Crippen molar-refractivity contribution in [1.82, 2.24) is 5.32 Å². The molecule has 0 aliphatic rings. The fourth-order valence-electron chi connectivity index (χ4n) is 2.30. The quantitative estimate of drug-likeness (QED) is 0.714. The van der Waals surface area contributed by atoms with E-state index in [9.17, 15) is 9.59 Å². The van der Waals surface area contributed by atoms with Crippen molar-refractivity contribution in [2.45, 2.75) is 26.3 Å². The Hall–Kier alpha value is -2.53. The first-order chi connectivity index (χ1) is 12.5. The van der Waals surface area contributed by atoms with Crippen molar-refractivity contribution >= 4 is 23.5 Å². The van der Waals surface area contributed by atoms with Crippen LogP contribution in [0.3, 0.4) is 0 Å². The summed E-state index contributed by atoms with van der Waals surface area (Å²) >= 11 is 5.83. The van der Waals surface area contributed by atoms with Gasteiger partial charge in [-0.2, -0.15) is 0 Å². The van der Waals surface area contributed by atoms with Crippen molar-refractivity contribution in [2.24, 2.45) is 0 Å². The molecule has 5 nitrogen and oxygen atoms in total. The van der Waals surface area contributed by atoms with E-state index in [1.165, 1.54) is 5.56 Å². The molecule has 1 atom stereocenters. The van der Waals surface area contributed by atoms with Gasteiger partial charge < -0.3 is 14.8 Å². The van der Waals surface area contributed by atoms with E-state index >= 15 is 0 Å². The minimum Gasteiger partial charge on any atom is -0.482 e. The number of hydrogen-bond acceptors (Lipinski definition) is 4. The van der Waals surface area contributed by atoms with Gasteiger partial charge in [0, 0.05) is 5.02 Å². The van der Waals surface area contributed by atoms with Crippen molar-refractivity contribution in [3.05, 3.63) is 64.7 Å². The molecule has 2 aromatic rings. The van der Waals surface area contributed by atoms with Gasteiger partial charge in [0.1, 0.15) is 5.75 Å². The van der Waals surface area contributed by atoms with E-state index in [0.29, 0.717) is 10.8 Å². The van der Waals surface area contributed by atoms with E-state index in [-0.39, 0.29) is 25.2 Å². The van der Waals surface area contributed by atoms with Crippen molar-refractivity contribution < 1.29 is 19.1 Å². The third-order valence-electron chi connectivity index (χ3n) is 3.78. The molecular formula is C20H22ClNO4. The first-order valence-electron chi connectivity index (χ1n) is 8.40. The molecule has 6 heteroatoms. The highest BCUT2D eigenvalue weighted by Crippen LogP contribution is 2.17. The van der Waals surface area contributed by atoms with Gasteiger partial charge in [-0.25, -0.2) is 4.79 Å². The van der Waals surface area contributed by atoms with E-state index in [1.807, 2.05) is 31.2 Å². The van der Waals surface area contributed by atoms with Crippen LogP contribution >= 0.6 is 11.6 Å². The maximum Gasteiger partial charge on any atom is 0.344 e. The standard InChI is InChI=1S/C20H22ClNO4/c1-3-15-7-9-16(10-8-15)14(2)22-19(23)12-26-20(24)13-25-18-6-4-5-17(21)11-18/h4-11,14H,3,12-13H2,1-2H3,(H,22,23)/t14-/m0/s1. The van der Waals surface area contributed by atoms with Crippen molar-refractivity contribution in [2.75, 3.05) is 13.2 Å². The van der Waals surface area contributed by atoms with Crippen molar-refractivity contribution in [3.8, 4) is 5.75 Å². The highest BCUT2D eigenvalue weighted by atomic mass is 35.5. The maximum absolute atomic E-state index is 11.9. The molecule has 2 rings (SSSR count). The topological polar surface area (TPSA) is 64.6 Å². The van der Waals surface area contributed by atoms with Crippen LogP contribution in [0.2, 0.25) is 5.02 Å². The molecule has 0 aliphatic carbocycles. The normalized spacial score (nSPS) is 11.5. The Labute approximate surface area is 158 Å². The number of aryl methyl sites for hydroxylation is 1. The van der Waals surface area contributed by atoms with Crippen LogP contribution in [0.25, 0.3) is 0 Å². The fraction of sp³-hybridized carbons (Fsp3) is 0.300. The first kappa shape index (κ1) is 19.8. The van der Waals surface area contributed by atoms with Crippen LogP contribution in [0.15, 0.2) is 48.5 Å². The van der Waals surface area contributed by atoms with Gasteiger partial charge in [-0.15, -0.1) is 0 Å². The van der Waals surface area contributed by atoms with Crippen LogP contribution in [0.4, 0.5) is 0 Å². The van der Waals surface area contributed by atoms with Crippen LogP contribution in [-0.2, 0) is 20.7 Å². The van der Waals surface area contributed by atoms with Crippen LogP contribution in [-0.4, -0.2) is 25.1 Å². The number of ether oxygens (including phenoxy) is 2. The second kappa shape index (κ2) is 9.82. The minimum absolute atomic E-state index is 0.171. The Kier molecular flexibility index (Phi) is 7.48. The summed E-state index contributed by atoms with van der Waals surface area (Å²) in [6.07, 6.45) is 0.966. The summed E-state index contributed by atoms with van der Waals surface area (Å²) in [6.45, 7) is 3.32. The summed E-state index contributed by atoms with van der Waals surface area (Å²) in [5.41, 5.74) is 2.23. The molecule has 0 heterocycles. The Morgan fingerprint density at radius 2 is 1.85 bits per heavy atom. The number of carbonyl (C=O) groups excluding carboxylic acids is 2. The number of amides is 1. The smallest absolute Gasteiger partial charge is 0.344 e. The highest BCUT2D eigenvalue weighted by Gasteiger charge is 2.12. The van der Waals surface area contributed by atoms with E-state index < -0.39 is 5.97 Å². The number of halogens is 1. The second-order valence-corrected chi connectivity index (χ2v) is 6.23. The molecule has 0 aliphatic heterocycles. The number of carbonyl (C=O) groups is 2. The van der Waals surface area contributed by atoms with Gasteiger partial charge in [0.25, 0.3) is 5.91 Å². The third-order valence-corrected chi connectivity index (χ3v) is 4.02. The monoisotopic (exact) mass is 375 g/mol. The molecule has 0 unspecified atom stereocenters. The predicted octanol–water partition coefficient (Wildman–Crippen LogP) is 3.70. The molecule has 0 fully saturated rings. The average molecular weight is 376 g/mol. The maximum atomic E-state index is 11.9. The second-order valence-electron chi connectivity index (χ2n) is 5.79. The van der Waals surface area contributed by atoms with Gasteiger partial charge in [-0.3, -0.25) is 4.79 Å². The number of hydrogen-bond donors (Lipinski definition) is 1. The van der Waals surface area contributed by atoms with E-state index in [2.05, 4.69) is 12.2 Å².